The van der Waals surface area contributed by atoms with Gasteiger partial charge in [-0.2, -0.15) is 4.98 Å². The number of carbonyl (C=O) groups is 1. The summed E-state index contributed by atoms with van der Waals surface area (Å²) in [6.07, 6.45) is 1.40. The third-order valence-corrected chi connectivity index (χ3v) is 8.30. The average Bonchev–Trinajstić information content (AvgIpc) is 3.50. The summed E-state index contributed by atoms with van der Waals surface area (Å²) in [7, 11) is 0. The van der Waals surface area contributed by atoms with Crippen LogP contribution in [0.3, 0.4) is 0 Å². The van der Waals surface area contributed by atoms with Crippen LogP contribution in [0.25, 0.3) is 11.5 Å². The van der Waals surface area contributed by atoms with E-state index in [1.807, 2.05) is 6.92 Å². The van der Waals surface area contributed by atoms with E-state index < -0.39 is 28.2 Å². The van der Waals surface area contributed by atoms with Crippen molar-refractivity contribution in [1.82, 2.24) is 10.1 Å². The topological polar surface area (TPSA) is 91.1 Å². The highest BCUT2D eigenvalue weighted by Crippen LogP contribution is 2.57. The molecule has 1 saturated carbocycles. The van der Waals surface area contributed by atoms with Crippen molar-refractivity contribution in [2.75, 3.05) is 11.1 Å². The number of carbonyl (C=O) groups excluding carboxylic acids is 1. The number of aromatic nitrogens is 2. The predicted molar refractivity (Wildman–Crippen MR) is 142 cm³/mol. The van der Waals surface area contributed by atoms with Gasteiger partial charge in [0.05, 0.1) is 17.4 Å². The van der Waals surface area contributed by atoms with Crippen LogP contribution in [0.4, 0.5) is 14.5 Å². The van der Waals surface area contributed by atoms with E-state index in [1.165, 1.54) is 6.07 Å². The lowest BCUT2D eigenvalue weighted by Gasteiger charge is -2.17. The van der Waals surface area contributed by atoms with Gasteiger partial charge in [0.1, 0.15) is 17.4 Å². The molecule has 196 valence electrons. The molecular formula is C27H21Cl2F2N3O3S. The second-order valence-corrected chi connectivity index (χ2v) is 11.5. The zero-order chi connectivity index (χ0) is 27.0. The molecule has 1 aromatic heterocycles. The lowest BCUT2D eigenvalue weighted by atomic mass is 9.94. The normalized spacial score (nSPS) is 14.8. The summed E-state index contributed by atoms with van der Waals surface area (Å²) in [5, 5.41) is 7.47. The first-order valence-electron chi connectivity index (χ1n) is 11.8. The fraction of sp³-hybridized carbons (Fsp3) is 0.222. The third kappa shape index (κ3) is 5.29. The molecule has 1 amide bonds. The molecule has 3 aromatic carbocycles. The Kier molecular flexibility index (Phi) is 7.46. The first kappa shape index (κ1) is 26.6. The van der Waals surface area contributed by atoms with E-state index in [9.17, 15) is 18.1 Å². The second kappa shape index (κ2) is 10.6. The molecule has 11 heteroatoms. The van der Waals surface area contributed by atoms with Crippen molar-refractivity contribution < 1.29 is 22.7 Å². The molecule has 0 aliphatic heterocycles. The van der Waals surface area contributed by atoms with Crippen LogP contribution in [-0.2, 0) is 27.8 Å². The highest BCUT2D eigenvalue weighted by Gasteiger charge is 2.52. The van der Waals surface area contributed by atoms with Crippen LogP contribution in [0, 0.1) is 11.6 Å². The van der Waals surface area contributed by atoms with Crippen LogP contribution in [0.2, 0.25) is 10.0 Å². The number of hydrogen-bond donors (Lipinski definition) is 1. The van der Waals surface area contributed by atoms with E-state index in [0.29, 0.717) is 45.7 Å². The van der Waals surface area contributed by atoms with Gasteiger partial charge in [0.25, 0.3) is 5.89 Å². The minimum Gasteiger partial charge on any atom is -0.611 e. The van der Waals surface area contributed by atoms with Crippen LogP contribution in [0.1, 0.15) is 36.7 Å². The molecule has 1 heterocycles. The summed E-state index contributed by atoms with van der Waals surface area (Å²) in [6.45, 7) is 1.85. The van der Waals surface area contributed by atoms with Crippen LogP contribution in [0.5, 0.6) is 0 Å². The molecule has 1 fully saturated rings. The van der Waals surface area contributed by atoms with Gasteiger partial charge in [-0.25, -0.2) is 8.78 Å². The maximum Gasteiger partial charge on any atom is 0.260 e. The molecule has 0 radical (unpaired) electrons. The van der Waals surface area contributed by atoms with Gasteiger partial charge in [-0.3, -0.25) is 4.79 Å². The Morgan fingerprint density at radius 1 is 1.11 bits per heavy atom. The molecule has 5 rings (SSSR count). The van der Waals surface area contributed by atoms with E-state index in [-0.39, 0.29) is 23.8 Å². The number of halogens is 4. The maximum atomic E-state index is 14.2. The monoisotopic (exact) mass is 575 g/mol. The van der Waals surface area contributed by atoms with E-state index >= 15 is 0 Å². The molecule has 6 nitrogen and oxygen atoms in total. The van der Waals surface area contributed by atoms with Crippen LogP contribution in [-0.4, -0.2) is 26.4 Å². The Bertz CT molecular complexity index is 1490. The van der Waals surface area contributed by atoms with Crippen LogP contribution < -0.4 is 5.32 Å². The standard InChI is InChI=1S/C27H21Cl2F2N3O3S/c1-2-38(36)18-6-3-15(4-7-18)11-23(35)32-17-13-20(28)24(21(29)14-17)27(9-10-27)26-33-25(37-34-26)19-8-5-16(30)12-22(19)31/h3-8,12-14H,2,9-11H2,1H3,(H,32,35). The molecule has 1 atom stereocenters. The Hall–Kier alpha value is -2.98. The summed E-state index contributed by atoms with van der Waals surface area (Å²) in [5.74, 6) is -1.04. The van der Waals surface area contributed by atoms with E-state index in [2.05, 4.69) is 15.5 Å². The van der Waals surface area contributed by atoms with Crippen molar-refractivity contribution in [1.29, 1.82) is 0 Å². The zero-order valence-corrected chi connectivity index (χ0v) is 22.4. The lowest BCUT2D eigenvalue weighted by molar-refractivity contribution is -0.115. The first-order valence-corrected chi connectivity index (χ1v) is 13.8. The predicted octanol–water partition coefficient (Wildman–Crippen LogP) is 6.71. The third-order valence-electron chi connectivity index (χ3n) is 6.38. The molecule has 0 bridgehead atoms. The van der Waals surface area contributed by atoms with Crippen molar-refractivity contribution in [2.45, 2.75) is 36.5 Å². The van der Waals surface area contributed by atoms with Gasteiger partial charge >= 0.3 is 0 Å². The number of amides is 1. The smallest absolute Gasteiger partial charge is 0.260 e. The number of anilines is 1. The highest BCUT2D eigenvalue weighted by atomic mass is 35.5. The molecule has 1 aliphatic carbocycles. The van der Waals surface area contributed by atoms with E-state index in [0.717, 1.165) is 22.6 Å². The summed E-state index contributed by atoms with van der Waals surface area (Å²) >= 11 is 12.2. The Morgan fingerprint density at radius 3 is 2.39 bits per heavy atom. The van der Waals surface area contributed by atoms with Crippen molar-refractivity contribution in [3.05, 3.63) is 93.2 Å². The molecular weight excluding hydrogens is 555 g/mol. The van der Waals surface area contributed by atoms with Gasteiger partial charge in [-0.15, -0.1) is 0 Å². The molecule has 0 saturated heterocycles. The second-order valence-electron chi connectivity index (χ2n) is 8.95. The highest BCUT2D eigenvalue weighted by molar-refractivity contribution is 7.91. The van der Waals surface area contributed by atoms with Crippen LogP contribution in [0.15, 0.2) is 64.0 Å². The summed E-state index contributed by atoms with van der Waals surface area (Å²) in [5.41, 5.74) is 1.07. The fourth-order valence-electron chi connectivity index (χ4n) is 4.32. The molecule has 1 N–H and O–H groups in total. The lowest BCUT2D eigenvalue weighted by Crippen LogP contribution is -2.16. The summed E-state index contributed by atoms with van der Waals surface area (Å²) in [6, 6.07) is 13.4. The van der Waals surface area contributed by atoms with Gasteiger partial charge in [0.2, 0.25) is 5.91 Å². The minimum atomic E-state index is -1.05. The van der Waals surface area contributed by atoms with Gasteiger partial charge < -0.3 is 14.4 Å². The van der Waals surface area contributed by atoms with E-state index in [1.54, 1.807) is 36.4 Å². The van der Waals surface area contributed by atoms with Gasteiger partial charge in [0, 0.05) is 27.4 Å². The maximum absolute atomic E-state index is 14.2. The number of benzene rings is 3. The molecule has 1 aliphatic rings. The molecule has 0 spiro atoms. The Morgan fingerprint density at radius 2 is 1.79 bits per heavy atom. The quantitative estimate of drug-likeness (QED) is 0.236. The number of hydrogen-bond acceptors (Lipinski definition) is 5. The summed E-state index contributed by atoms with van der Waals surface area (Å²) < 4.78 is 44.7. The Balaban J connectivity index is 1.33. The SMILES string of the molecule is CC[S+]([O-])c1ccc(CC(=O)Nc2cc(Cl)c(C3(c4noc(-c5ccc(F)cc5F)n4)CC3)c(Cl)c2)cc1. The van der Waals surface area contributed by atoms with Gasteiger partial charge in [-0.1, -0.05) is 40.5 Å². The number of nitrogens with one attached hydrogen (secondary N) is 1. The van der Waals surface area contributed by atoms with Crippen molar-refractivity contribution in [3.8, 4) is 11.5 Å². The van der Waals surface area contributed by atoms with Crippen LogP contribution >= 0.6 is 23.2 Å². The van der Waals surface area contributed by atoms with E-state index in [4.69, 9.17) is 27.7 Å². The van der Waals surface area contributed by atoms with Gasteiger partial charge in [-0.05, 0) is 72.9 Å². The van der Waals surface area contributed by atoms with Crippen molar-refractivity contribution in [3.63, 3.8) is 0 Å². The average molecular weight is 576 g/mol. The zero-order valence-electron chi connectivity index (χ0n) is 20.1. The first-order chi connectivity index (χ1) is 18.2. The Labute approximate surface area is 230 Å². The minimum absolute atomic E-state index is 0.00975. The molecule has 1 unspecified atom stereocenters. The largest absolute Gasteiger partial charge is 0.611 e. The molecule has 4 aromatic rings. The van der Waals surface area contributed by atoms with Crippen molar-refractivity contribution in [2.24, 2.45) is 0 Å². The summed E-state index contributed by atoms with van der Waals surface area (Å²) in [4.78, 5) is 17.7. The van der Waals surface area contributed by atoms with Gasteiger partial charge in [0.15, 0.2) is 10.7 Å². The van der Waals surface area contributed by atoms with Crippen molar-refractivity contribution >= 4 is 46.0 Å². The fourth-order valence-corrected chi connectivity index (χ4v) is 5.94. The number of rotatable bonds is 8. The number of nitrogens with zero attached hydrogens (tertiary/aromatic N) is 2. The molecule has 38 heavy (non-hydrogen) atoms.